The second-order valence-electron chi connectivity index (χ2n) is 6.35. The number of nitrogens with zero attached hydrogens (tertiary/aromatic N) is 2. The minimum absolute atomic E-state index is 0.000398. The number of hydrogen-bond acceptors (Lipinski definition) is 5. The first kappa shape index (κ1) is 14.9. The Kier molecular flexibility index (Phi) is 4.28. The van der Waals surface area contributed by atoms with Crippen molar-refractivity contribution in [2.24, 2.45) is 5.92 Å². The van der Waals surface area contributed by atoms with Crippen molar-refractivity contribution in [3.63, 3.8) is 0 Å². The van der Waals surface area contributed by atoms with E-state index in [1.165, 1.54) is 0 Å². The molecule has 1 aromatic rings. The Morgan fingerprint density at radius 1 is 1.57 bits per heavy atom. The Labute approximate surface area is 129 Å². The fourth-order valence-corrected chi connectivity index (χ4v) is 3.85. The quantitative estimate of drug-likeness (QED) is 0.917. The molecule has 0 radical (unpaired) electrons. The van der Waals surface area contributed by atoms with E-state index in [0.717, 1.165) is 36.8 Å². The predicted molar refractivity (Wildman–Crippen MR) is 82.2 cm³/mol. The monoisotopic (exact) mass is 309 g/mol. The highest BCUT2D eigenvalue weighted by Gasteiger charge is 2.44. The lowest BCUT2D eigenvalue weighted by molar-refractivity contribution is -0.128. The number of nitrogens with one attached hydrogen (secondary N) is 1. The number of morpholine rings is 1. The maximum Gasteiger partial charge on any atom is 0.226 e. The summed E-state index contributed by atoms with van der Waals surface area (Å²) in [5, 5.41) is 6.24. The second kappa shape index (κ2) is 6.02. The molecule has 116 valence electrons. The Morgan fingerprint density at radius 2 is 2.38 bits per heavy atom. The smallest absolute Gasteiger partial charge is 0.226 e. The van der Waals surface area contributed by atoms with E-state index in [0.29, 0.717) is 0 Å². The number of aromatic nitrogens is 1. The van der Waals surface area contributed by atoms with Gasteiger partial charge < -0.3 is 10.1 Å². The number of aryl methyl sites for hydroxylation is 1. The van der Waals surface area contributed by atoms with Crippen LogP contribution in [-0.2, 0) is 16.1 Å². The van der Waals surface area contributed by atoms with Crippen molar-refractivity contribution in [3.05, 3.63) is 16.1 Å². The van der Waals surface area contributed by atoms with E-state index in [-0.39, 0.29) is 30.1 Å². The number of rotatable bonds is 4. The third kappa shape index (κ3) is 3.44. The predicted octanol–water partition coefficient (Wildman–Crippen LogP) is 1.57. The third-order valence-electron chi connectivity index (χ3n) is 4.05. The highest BCUT2D eigenvalue weighted by molar-refractivity contribution is 7.09. The summed E-state index contributed by atoms with van der Waals surface area (Å²) < 4.78 is 5.97. The first-order valence-electron chi connectivity index (χ1n) is 7.60. The number of hydrogen-bond donors (Lipinski definition) is 1. The Balaban J connectivity index is 1.60. The summed E-state index contributed by atoms with van der Waals surface area (Å²) in [6.07, 6.45) is 1.06. The van der Waals surface area contributed by atoms with E-state index < -0.39 is 0 Å². The molecular formula is C15H23N3O2S. The van der Waals surface area contributed by atoms with Gasteiger partial charge in [0.15, 0.2) is 0 Å². The van der Waals surface area contributed by atoms with Crippen molar-refractivity contribution in [2.45, 2.75) is 52.0 Å². The number of carbonyl (C=O) groups is 1. The first-order chi connectivity index (χ1) is 10.0. The SMILES string of the molecule is Cc1nc(CN2C[C@H]3C[C@@H](C(=O)NC(C)C)[C@@H](C2)O3)cs1. The molecule has 3 heterocycles. The molecule has 1 amide bonds. The number of thiazole rings is 1. The van der Waals surface area contributed by atoms with Gasteiger partial charge >= 0.3 is 0 Å². The van der Waals surface area contributed by atoms with Crippen molar-refractivity contribution in [1.29, 1.82) is 0 Å². The maximum atomic E-state index is 12.2. The zero-order valence-electron chi connectivity index (χ0n) is 12.8. The van der Waals surface area contributed by atoms with Crippen LogP contribution in [0, 0.1) is 12.8 Å². The van der Waals surface area contributed by atoms with Crippen LogP contribution in [0.1, 0.15) is 31.0 Å². The van der Waals surface area contributed by atoms with Gasteiger partial charge in [-0.15, -0.1) is 11.3 Å². The first-order valence-corrected chi connectivity index (χ1v) is 8.48. The molecule has 21 heavy (non-hydrogen) atoms. The summed E-state index contributed by atoms with van der Waals surface area (Å²) in [5.41, 5.74) is 1.13. The summed E-state index contributed by atoms with van der Waals surface area (Å²) in [6, 6.07) is 0.187. The summed E-state index contributed by atoms with van der Waals surface area (Å²) in [7, 11) is 0. The van der Waals surface area contributed by atoms with Crippen LogP contribution in [0.25, 0.3) is 0 Å². The van der Waals surface area contributed by atoms with Crippen molar-refractivity contribution >= 4 is 17.2 Å². The van der Waals surface area contributed by atoms with Gasteiger partial charge in [-0.3, -0.25) is 9.69 Å². The number of ether oxygens (including phenoxy) is 1. The Morgan fingerprint density at radius 3 is 3.05 bits per heavy atom. The summed E-state index contributed by atoms with van der Waals surface area (Å²) in [4.78, 5) is 19.1. The zero-order valence-corrected chi connectivity index (χ0v) is 13.7. The van der Waals surface area contributed by atoms with Gasteiger partial charge in [-0.05, 0) is 27.2 Å². The van der Waals surface area contributed by atoms with Crippen molar-refractivity contribution in [2.75, 3.05) is 13.1 Å². The third-order valence-corrected chi connectivity index (χ3v) is 4.88. The van der Waals surface area contributed by atoms with Crippen LogP contribution < -0.4 is 5.32 Å². The molecule has 2 aliphatic rings. The lowest BCUT2D eigenvalue weighted by Crippen LogP contribution is -2.45. The molecule has 0 unspecified atom stereocenters. The highest BCUT2D eigenvalue weighted by Crippen LogP contribution is 2.32. The molecule has 5 nitrogen and oxygen atoms in total. The largest absolute Gasteiger partial charge is 0.371 e. The van der Waals surface area contributed by atoms with Crippen molar-refractivity contribution < 1.29 is 9.53 Å². The Hall–Kier alpha value is -0.980. The molecule has 2 aliphatic heterocycles. The fraction of sp³-hybridized carbons (Fsp3) is 0.733. The standard InChI is InChI=1S/C15H23N3O2S/c1-9(2)16-15(19)13-4-12-6-18(7-14(13)20-12)5-11-8-21-10(3)17-11/h8-9,12-14H,4-7H2,1-3H3,(H,16,19)/t12-,13-,14-/m1/s1. The molecule has 6 heteroatoms. The zero-order chi connectivity index (χ0) is 15.0. The van der Waals surface area contributed by atoms with Gasteiger partial charge in [0.2, 0.25) is 5.91 Å². The number of likely N-dealkylation sites (tertiary alicyclic amines) is 1. The summed E-state index contributed by atoms with van der Waals surface area (Å²) in [6.45, 7) is 8.61. The van der Waals surface area contributed by atoms with Crippen LogP contribution in [-0.4, -0.2) is 47.1 Å². The molecule has 1 aromatic heterocycles. The lowest BCUT2D eigenvalue weighted by atomic mass is 9.99. The van der Waals surface area contributed by atoms with Crippen LogP contribution in [0.4, 0.5) is 0 Å². The van der Waals surface area contributed by atoms with E-state index in [9.17, 15) is 4.79 Å². The van der Waals surface area contributed by atoms with Gasteiger partial charge in [0.1, 0.15) is 0 Å². The second-order valence-corrected chi connectivity index (χ2v) is 7.42. The molecule has 2 saturated heterocycles. The van der Waals surface area contributed by atoms with Crippen LogP contribution in [0.15, 0.2) is 5.38 Å². The minimum atomic E-state index is -0.000398. The summed E-state index contributed by atoms with van der Waals surface area (Å²) in [5.74, 6) is 0.142. The topological polar surface area (TPSA) is 54.5 Å². The molecule has 2 fully saturated rings. The van der Waals surface area contributed by atoms with Gasteiger partial charge in [0, 0.05) is 31.1 Å². The summed E-state index contributed by atoms with van der Waals surface area (Å²) >= 11 is 1.69. The van der Waals surface area contributed by atoms with Gasteiger partial charge in [-0.2, -0.15) is 0 Å². The highest BCUT2D eigenvalue weighted by atomic mass is 32.1. The molecule has 3 atom stereocenters. The number of amides is 1. The molecule has 1 N–H and O–H groups in total. The van der Waals surface area contributed by atoms with Crippen molar-refractivity contribution in [3.8, 4) is 0 Å². The van der Waals surface area contributed by atoms with E-state index in [2.05, 4.69) is 20.6 Å². The Bertz CT molecular complexity index is 517. The van der Waals surface area contributed by atoms with E-state index >= 15 is 0 Å². The van der Waals surface area contributed by atoms with E-state index in [4.69, 9.17) is 4.74 Å². The number of carbonyl (C=O) groups excluding carboxylic acids is 1. The van der Waals surface area contributed by atoms with Crippen molar-refractivity contribution in [1.82, 2.24) is 15.2 Å². The van der Waals surface area contributed by atoms with Gasteiger partial charge in [0.25, 0.3) is 0 Å². The lowest BCUT2D eigenvalue weighted by Gasteiger charge is -2.32. The molecule has 3 rings (SSSR count). The maximum absolute atomic E-state index is 12.2. The molecule has 0 saturated carbocycles. The van der Waals surface area contributed by atoms with Crippen LogP contribution in [0.3, 0.4) is 0 Å². The van der Waals surface area contributed by atoms with Gasteiger partial charge in [-0.1, -0.05) is 0 Å². The van der Waals surface area contributed by atoms with E-state index in [1.54, 1.807) is 11.3 Å². The average Bonchev–Trinajstić information content (AvgIpc) is 2.92. The molecule has 0 aromatic carbocycles. The van der Waals surface area contributed by atoms with Crippen LogP contribution >= 0.6 is 11.3 Å². The minimum Gasteiger partial charge on any atom is -0.371 e. The normalized spacial score (nSPS) is 29.0. The molecule has 2 bridgehead atoms. The molecule has 0 spiro atoms. The average molecular weight is 309 g/mol. The number of fused-ring (bicyclic) bond motifs is 2. The van der Waals surface area contributed by atoms with E-state index in [1.807, 2.05) is 20.8 Å². The van der Waals surface area contributed by atoms with Crippen LogP contribution in [0.2, 0.25) is 0 Å². The fourth-order valence-electron chi connectivity index (χ4n) is 3.24. The molecular weight excluding hydrogens is 286 g/mol. The van der Waals surface area contributed by atoms with Crippen LogP contribution in [0.5, 0.6) is 0 Å². The van der Waals surface area contributed by atoms with Gasteiger partial charge in [-0.25, -0.2) is 4.98 Å². The molecule has 0 aliphatic carbocycles. The van der Waals surface area contributed by atoms with Gasteiger partial charge in [0.05, 0.1) is 28.8 Å².